The minimum Gasteiger partial charge on any atom is -0.453 e. The summed E-state index contributed by atoms with van der Waals surface area (Å²) in [5.41, 5.74) is 5.24. The van der Waals surface area contributed by atoms with Gasteiger partial charge in [0.05, 0.1) is 35.7 Å². The molecule has 8 nitrogen and oxygen atoms in total. The molecule has 0 atom stereocenters. The van der Waals surface area contributed by atoms with Crippen molar-refractivity contribution in [1.29, 1.82) is 0 Å². The quantitative estimate of drug-likeness (QED) is 0.463. The summed E-state index contributed by atoms with van der Waals surface area (Å²) in [6.07, 6.45) is 4.21. The topological polar surface area (TPSA) is 91.2 Å². The number of benzene rings is 1. The SMILES string of the molecule is COCc1ccc(-n2nc(-c3cccnc3)c3c2-c2sc(NC(=O)OC)nc2CC3)c(F)c1. The molecule has 1 N–H and O–H groups in total. The van der Waals surface area contributed by atoms with Crippen molar-refractivity contribution in [2.75, 3.05) is 19.5 Å². The average Bonchev–Trinajstić information content (AvgIpc) is 3.41. The van der Waals surface area contributed by atoms with E-state index in [0.717, 1.165) is 38.6 Å². The zero-order valence-electron chi connectivity index (χ0n) is 18.0. The number of amides is 1. The van der Waals surface area contributed by atoms with E-state index in [9.17, 15) is 4.79 Å². The number of thiazole rings is 1. The van der Waals surface area contributed by atoms with Crippen LogP contribution in [0.5, 0.6) is 0 Å². The maximum Gasteiger partial charge on any atom is 0.413 e. The van der Waals surface area contributed by atoms with Gasteiger partial charge in [-0.15, -0.1) is 0 Å². The molecule has 0 fully saturated rings. The first kappa shape index (κ1) is 21.2. The molecule has 0 saturated heterocycles. The number of aromatic nitrogens is 4. The molecule has 3 heterocycles. The third-order valence-corrected chi connectivity index (χ3v) is 6.41. The van der Waals surface area contributed by atoms with Crippen molar-refractivity contribution in [3.63, 3.8) is 0 Å². The number of hydrogen-bond acceptors (Lipinski definition) is 7. The van der Waals surface area contributed by atoms with Gasteiger partial charge < -0.3 is 9.47 Å². The summed E-state index contributed by atoms with van der Waals surface area (Å²) >= 11 is 1.31. The van der Waals surface area contributed by atoms with Crippen LogP contribution in [0.3, 0.4) is 0 Å². The highest BCUT2D eigenvalue weighted by atomic mass is 32.1. The normalized spacial score (nSPS) is 12.2. The molecule has 33 heavy (non-hydrogen) atoms. The Balaban J connectivity index is 1.70. The van der Waals surface area contributed by atoms with Crippen LogP contribution in [0.4, 0.5) is 14.3 Å². The lowest BCUT2D eigenvalue weighted by atomic mass is 9.95. The molecule has 0 bridgehead atoms. The summed E-state index contributed by atoms with van der Waals surface area (Å²) in [5.74, 6) is -0.405. The molecule has 5 rings (SSSR count). The second-order valence-corrected chi connectivity index (χ2v) is 8.46. The second-order valence-electron chi connectivity index (χ2n) is 7.46. The van der Waals surface area contributed by atoms with Crippen molar-refractivity contribution in [2.24, 2.45) is 0 Å². The maximum absolute atomic E-state index is 15.2. The number of methoxy groups -OCH3 is 2. The average molecular weight is 466 g/mol. The van der Waals surface area contributed by atoms with Gasteiger partial charge in [0.2, 0.25) is 0 Å². The number of carbonyl (C=O) groups excluding carboxylic acids is 1. The molecule has 0 unspecified atom stereocenters. The van der Waals surface area contributed by atoms with E-state index < -0.39 is 11.9 Å². The Morgan fingerprint density at radius 3 is 2.88 bits per heavy atom. The molecule has 168 valence electrons. The first-order valence-corrected chi connectivity index (χ1v) is 11.1. The number of anilines is 1. The summed E-state index contributed by atoms with van der Waals surface area (Å²) in [5, 5.41) is 7.88. The van der Waals surface area contributed by atoms with Gasteiger partial charge in [-0.1, -0.05) is 17.4 Å². The van der Waals surface area contributed by atoms with Gasteiger partial charge in [0.15, 0.2) is 5.13 Å². The third-order valence-electron chi connectivity index (χ3n) is 5.39. The molecule has 1 aliphatic rings. The monoisotopic (exact) mass is 465 g/mol. The largest absolute Gasteiger partial charge is 0.453 e. The molecular formula is C23H20FN5O3S. The number of nitrogens with zero attached hydrogens (tertiary/aromatic N) is 4. The highest BCUT2D eigenvalue weighted by Crippen LogP contribution is 2.44. The zero-order chi connectivity index (χ0) is 22.9. The minimum absolute atomic E-state index is 0.316. The molecule has 0 saturated carbocycles. The molecule has 1 aromatic carbocycles. The van der Waals surface area contributed by atoms with Gasteiger partial charge in [-0.2, -0.15) is 5.10 Å². The summed E-state index contributed by atoms with van der Waals surface area (Å²) in [4.78, 5) is 21.3. The van der Waals surface area contributed by atoms with Gasteiger partial charge in [-0.3, -0.25) is 10.3 Å². The standard InChI is InChI=1S/C23H20FN5O3S/c1-31-12-13-5-8-18(16(24)10-13)29-20-15(19(28-29)14-4-3-9-25-11-14)6-7-17-21(20)33-22(26-17)27-23(30)32-2/h3-5,8-11H,6-7,12H2,1-2H3,(H,26,27,30). The lowest BCUT2D eigenvalue weighted by Gasteiger charge is -2.15. The van der Waals surface area contributed by atoms with E-state index in [2.05, 4.69) is 20.0 Å². The lowest BCUT2D eigenvalue weighted by molar-refractivity contribution is 0.184. The van der Waals surface area contributed by atoms with E-state index in [0.29, 0.717) is 30.3 Å². The van der Waals surface area contributed by atoms with Gasteiger partial charge in [0.1, 0.15) is 11.5 Å². The van der Waals surface area contributed by atoms with Crippen molar-refractivity contribution in [3.8, 4) is 27.5 Å². The van der Waals surface area contributed by atoms with Crippen molar-refractivity contribution in [2.45, 2.75) is 19.4 Å². The number of aryl methyl sites for hydroxylation is 1. The van der Waals surface area contributed by atoms with Gasteiger partial charge in [0, 0.05) is 30.6 Å². The van der Waals surface area contributed by atoms with Gasteiger partial charge >= 0.3 is 6.09 Å². The summed E-state index contributed by atoms with van der Waals surface area (Å²) < 4.78 is 26.7. The third kappa shape index (κ3) is 3.87. The Morgan fingerprint density at radius 2 is 2.15 bits per heavy atom. The van der Waals surface area contributed by atoms with E-state index in [-0.39, 0.29) is 0 Å². The van der Waals surface area contributed by atoms with Crippen LogP contribution in [0.15, 0.2) is 42.7 Å². The predicted molar refractivity (Wildman–Crippen MR) is 122 cm³/mol. The summed E-state index contributed by atoms with van der Waals surface area (Å²) in [6.45, 7) is 0.316. The van der Waals surface area contributed by atoms with Crippen molar-refractivity contribution >= 4 is 22.6 Å². The highest BCUT2D eigenvalue weighted by molar-refractivity contribution is 7.19. The highest BCUT2D eigenvalue weighted by Gasteiger charge is 2.30. The number of pyridine rings is 1. The minimum atomic E-state index is -0.592. The number of rotatable bonds is 5. The Labute approximate surface area is 193 Å². The fourth-order valence-corrected chi connectivity index (χ4v) is 5.00. The Hall–Kier alpha value is -3.63. The summed E-state index contributed by atoms with van der Waals surface area (Å²) in [6, 6.07) is 8.76. The van der Waals surface area contributed by atoms with Crippen LogP contribution in [0.2, 0.25) is 0 Å². The first-order valence-electron chi connectivity index (χ1n) is 10.2. The fourth-order valence-electron chi connectivity index (χ4n) is 3.95. The molecule has 0 aliphatic heterocycles. The molecule has 3 aromatic heterocycles. The van der Waals surface area contributed by atoms with Crippen molar-refractivity contribution < 1.29 is 18.7 Å². The van der Waals surface area contributed by atoms with E-state index in [1.807, 2.05) is 18.2 Å². The molecule has 4 aromatic rings. The van der Waals surface area contributed by atoms with E-state index in [1.54, 1.807) is 30.3 Å². The molecule has 1 aliphatic carbocycles. The van der Waals surface area contributed by atoms with Crippen LogP contribution >= 0.6 is 11.3 Å². The maximum atomic E-state index is 15.2. The van der Waals surface area contributed by atoms with E-state index in [4.69, 9.17) is 9.84 Å². The van der Waals surface area contributed by atoms with E-state index in [1.165, 1.54) is 24.5 Å². The molecule has 10 heteroatoms. The number of hydrogen-bond donors (Lipinski definition) is 1. The van der Waals surface area contributed by atoms with Crippen molar-refractivity contribution in [1.82, 2.24) is 19.7 Å². The Bertz CT molecular complexity index is 1340. The molecular weight excluding hydrogens is 445 g/mol. The lowest BCUT2D eigenvalue weighted by Crippen LogP contribution is -2.10. The van der Waals surface area contributed by atoms with Crippen LogP contribution < -0.4 is 5.32 Å². The number of ether oxygens (including phenoxy) is 2. The van der Waals surface area contributed by atoms with Crippen LogP contribution in [0, 0.1) is 5.82 Å². The number of fused-ring (bicyclic) bond motifs is 3. The Morgan fingerprint density at radius 1 is 1.27 bits per heavy atom. The van der Waals surface area contributed by atoms with Crippen LogP contribution in [-0.2, 0) is 28.9 Å². The van der Waals surface area contributed by atoms with Gasteiger partial charge in [-0.05, 0) is 42.7 Å². The number of carbonyl (C=O) groups is 1. The van der Waals surface area contributed by atoms with Crippen molar-refractivity contribution in [3.05, 3.63) is 65.4 Å². The summed E-state index contributed by atoms with van der Waals surface area (Å²) in [7, 11) is 2.87. The number of nitrogens with one attached hydrogen (secondary N) is 1. The molecule has 1 amide bonds. The molecule has 0 spiro atoms. The fraction of sp³-hybridized carbons (Fsp3) is 0.217. The van der Waals surface area contributed by atoms with Gasteiger partial charge in [0.25, 0.3) is 0 Å². The second kappa shape index (κ2) is 8.72. The van der Waals surface area contributed by atoms with Crippen LogP contribution in [0.25, 0.3) is 27.5 Å². The smallest absolute Gasteiger partial charge is 0.413 e. The predicted octanol–water partition coefficient (Wildman–Crippen LogP) is 4.62. The van der Waals surface area contributed by atoms with Crippen LogP contribution in [0.1, 0.15) is 16.8 Å². The first-order chi connectivity index (χ1) is 16.1. The van der Waals surface area contributed by atoms with Gasteiger partial charge in [-0.25, -0.2) is 18.9 Å². The molecule has 0 radical (unpaired) electrons. The zero-order valence-corrected chi connectivity index (χ0v) is 18.8. The van der Waals surface area contributed by atoms with E-state index >= 15 is 4.39 Å². The Kier molecular flexibility index (Phi) is 5.61. The number of halogens is 1. The van der Waals surface area contributed by atoms with Crippen LogP contribution in [-0.4, -0.2) is 40.1 Å².